The zero-order valence-electron chi connectivity index (χ0n) is 21.6. The molecule has 36 heavy (non-hydrogen) atoms. The number of carbonyl (C=O) groups excluding carboxylic acids is 2. The molecule has 3 fully saturated rings. The maximum Gasteiger partial charge on any atom is 0.509 e. The van der Waals surface area contributed by atoms with E-state index < -0.39 is 75.6 Å². The zero-order chi connectivity index (χ0) is 27.1. The molecule has 0 saturated heterocycles. The topological polar surface area (TPSA) is 110 Å². The molecule has 0 bridgehead atoms. The van der Waals surface area contributed by atoms with Crippen molar-refractivity contribution in [3.8, 4) is 0 Å². The number of carboxylic acid groups (broad SMARTS) is 1. The number of allylic oxidation sites excluding steroid dienone is 4. The highest BCUT2D eigenvalue weighted by Gasteiger charge is 2.78. The van der Waals surface area contributed by atoms with E-state index in [2.05, 4.69) is 0 Å². The van der Waals surface area contributed by atoms with Crippen molar-refractivity contribution in [2.75, 3.05) is 0 Å². The second kappa shape index (κ2) is 8.10. The maximum atomic E-state index is 17.3. The van der Waals surface area contributed by atoms with Crippen LogP contribution in [0.2, 0.25) is 0 Å². The first-order valence-electron chi connectivity index (χ1n) is 12.6. The molecule has 4 rings (SSSR count). The fourth-order valence-corrected chi connectivity index (χ4v) is 7.69. The summed E-state index contributed by atoms with van der Waals surface area (Å²) in [7, 11) is 0. The van der Waals surface area contributed by atoms with Crippen LogP contribution in [0.25, 0.3) is 0 Å². The second-order valence-corrected chi connectivity index (χ2v) is 12.1. The minimum atomic E-state index is -2.35. The largest absolute Gasteiger partial charge is 0.509 e. The van der Waals surface area contributed by atoms with Gasteiger partial charge in [0.15, 0.2) is 11.5 Å². The summed E-state index contributed by atoms with van der Waals surface area (Å²) in [5.74, 6) is -4.40. The van der Waals surface area contributed by atoms with Crippen molar-refractivity contribution in [2.24, 2.45) is 28.6 Å². The van der Waals surface area contributed by atoms with Gasteiger partial charge in [0.25, 0.3) is 0 Å². The standard InChI is InChI=1S/C27H36F2O7/c1-7-23(3,4)35-22(34)36-27(21(32)33)14(2)10-16-17-12-19(28)18-11-15(30)8-9-24(18,5)26(17,29)20(31)13-25(16,27)6/h8-9,11,14,16-17,19-20,31H,7,10,12-13H2,1-6H3,(H,32,33)/t14-,16+,17+,19+,20+,24+,25+,26?,27-/m1/s1. The average molecular weight is 511 g/mol. The molecule has 200 valence electrons. The van der Waals surface area contributed by atoms with Crippen LogP contribution in [-0.4, -0.2) is 57.3 Å². The number of carboxylic acids is 1. The van der Waals surface area contributed by atoms with Gasteiger partial charge in [0.1, 0.15) is 11.8 Å². The lowest BCUT2D eigenvalue weighted by Crippen LogP contribution is -2.71. The number of ketones is 1. The van der Waals surface area contributed by atoms with E-state index in [1.165, 1.54) is 19.1 Å². The third-order valence-corrected chi connectivity index (χ3v) is 9.94. The predicted molar refractivity (Wildman–Crippen MR) is 125 cm³/mol. The van der Waals surface area contributed by atoms with Crippen LogP contribution in [0.4, 0.5) is 13.6 Å². The molecule has 0 aromatic rings. The van der Waals surface area contributed by atoms with Crippen LogP contribution in [-0.2, 0) is 19.1 Å². The number of hydrogen-bond donors (Lipinski definition) is 2. The highest BCUT2D eigenvalue weighted by Crippen LogP contribution is 2.71. The average Bonchev–Trinajstić information content (AvgIpc) is 2.99. The molecule has 0 radical (unpaired) electrons. The molecule has 4 aliphatic rings. The molecule has 0 aliphatic heterocycles. The van der Waals surface area contributed by atoms with Crippen molar-refractivity contribution < 1.29 is 42.9 Å². The molecular formula is C27H36F2O7. The molecule has 9 heteroatoms. The van der Waals surface area contributed by atoms with Crippen molar-refractivity contribution in [3.05, 3.63) is 23.8 Å². The SMILES string of the molecule is CCC(C)(C)OC(=O)O[C@@]1(C(=O)O)[C@H](C)C[C@H]2[C@@H]3C[C@H](F)C4=CC(=O)C=C[C@]4(C)C3(F)[C@@H](O)C[C@@]21C. The lowest BCUT2D eigenvalue weighted by Gasteiger charge is -2.62. The van der Waals surface area contributed by atoms with Crippen LogP contribution in [0.15, 0.2) is 23.8 Å². The van der Waals surface area contributed by atoms with Gasteiger partial charge in [0.05, 0.1) is 6.10 Å². The van der Waals surface area contributed by atoms with E-state index in [4.69, 9.17) is 9.47 Å². The Morgan fingerprint density at radius 2 is 1.86 bits per heavy atom. The highest BCUT2D eigenvalue weighted by molar-refractivity contribution is 6.01. The summed E-state index contributed by atoms with van der Waals surface area (Å²) in [5.41, 5.74) is -8.34. The number of halogens is 2. The quantitative estimate of drug-likeness (QED) is 0.527. The zero-order valence-corrected chi connectivity index (χ0v) is 21.6. The normalized spacial score (nSPS) is 45.8. The summed E-state index contributed by atoms with van der Waals surface area (Å²) in [6, 6.07) is 0. The van der Waals surface area contributed by atoms with E-state index in [0.717, 1.165) is 6.08 Å². The summed E-state index contributed by atoms with van der Waals surface area (Å²) in [5, 5.41) is 21.9. The van der Waals surface area contributed by atoms with Crippen molar-refractivity contribution >= 4 is 17.9 Å². The number of fused-ring (bicyclic) bond motifs is 5. The molecule has 0 aromatic heterocycles. The van der Waals surface area contributed by atoms with E-state index in [1.54, 1.807) is 34.6 Å². The van der Waals surface area contributed by atoms with Gasteiger partial charge in [-0.2, -0.15) is 0 Å². The number of ether oxygens (including phenoxy) is 2. The minimum Gasteiger partial charge on any atom is -0.478 e. The Hall–Kier alpha value is -2.29. The third-order valence-electron chi connectivity index (χ3n) is 9.94. The number of hydrogen-bond acceptors (Lipinski definition) is 6. The van der Waals surface area contributed by atoms with Crippen molar-refractivity contribution in [1.29, 1.82) is 0 Å². The Bertz CT molecular complexity index is 1050. The first kappa shape index (κ1) is 26.8. The Balaban J connectivity index is 1.80. The molecule has 0 heterocycles. The van der Waals surface area contributed by atoms with Crippen LogP contribution in [0.5, 0.6) is 0 Å². The summed E-state index contributed by atoms with van der Waals surface area (Å²) in [6.45, 7) is 9.83. The molecule has 0 amide bonds. The van der Waals surface area contributed by atoms with Crippen molar-refractivity contribution in [1.82, 2.24) is 0 Å². The molecule has 0 spiro atoms. The van der Waals surface area contributed by atoms with Crippen molar-refractivity contribution in [3.63, 3.8) is 0 Å². The van der Waals surface area contributed by atoms with E-state index in [0.29, 0.717) is 6.42 Å². The van der Waals surface area contributed by atoms with Crippen LogP contribution in [0, 0.1) is 28.6 Å². The van der Waals surface area contributed by atoms with Gasteiger partial charge >= 0.3 is 12.1 Å². The Morgan fingerprint density at radius 3 is 2.44 bits per heavy atom. The molecule has 9 atom stereocenters. The summed E-state index contributed by atoms with van der Waals surface area (Å²) >= 11 is 0. The number of aliphatic hydroxyl groups excluding tert-OH is 1. The maximum absolute atomic E-state index is 17.3. The summed E-state index contributed by atoms with van der Waals surface area (Å²) in [4.78, 5) is 37.7. The number of aliphatic carboxylic acids is 1. The van der Waals surface area contributed by atoms with Crippen LogP contribution in [0.1, 0.15) is 67.2 Å². The monoisotopic (exact) mass is 510 g/mol. The molecule has 0 aromatic carbocycles. The Labute approximate surface area is 209 Å². The molecule has 4 aliphatic carbocycles. The Kier molecular flexibility index (Phi) is 6.02. The fraction of sp³-hybridized carbons (Fsp3) is 0.741. The summed E-state index contributed by atoms with van der Waals surface area (Å²) in [6.07, 6.45) is -0.881. The van der Waals surface area contributed by atoms with Gasteiger partial charge in [-0.05, 0) is 70.1 Å². The van der Waals surface area contributed by atoms with Gasteiger partial charge in [-0.1, -0.05) is 26.8 Å². The van der Waals surface area contributed by atoms with Gasteiger partial charge in [-0.25, -0.2) is 18.4 Å². The first-order valence-corrected chi connectivity index (χ1v) is 12.6. The number of carbonyl (C=O) groups is 3. The van der Waals surface area contributed by atoms with Crippen LogP contribution in [0.3, 0.4) is 0 Å². The molecular weight excluding hydrogens is 474 g/mol. The number of alkyl halides is 2. The third kappa shape index (κ3) is 3.26. The molecule has 2 N–H and O–H groups in total. The Morgan fingerprint density at radius 1 is 1.22 bits per heavy atom. The smallest absolute Gasteiger partial charge is 0.478 e. The van der Waals surface area contributed by atoms with E-state index in [1.807, 2.05) is 0 Å². The van der Waals surface area contributed by atoms with Gasteiger partial charge in [0.2, 0.25) is 5.60 Å². The van der Waals surface area contributed by atoms with Crippen LogP contribution < -0.4 is 0 Å². The lowest BCUT2D eigenvalue weighted by atomic mass is 9.44. The molecule has 1 unspecified atom stereocenters. The lowest BCUT2D eigenvalue weighted by molar-refractivity contribution is -0.233. The van der Waals surface area contributed by atoms with E-state index in [-0.39, 0.29) is 24.8 Å². The van der Waals surface area contributed by atoms with Gasteiger partial charge < -0.3 is 19.7 Å². The fourth-order valence-electron chi connectivity index (χ4n) is 7.69. The first-order chi connectivity index (χ1) is 16.5. The number of rotatable bonds is 4. The minimum absolute atomic E-state index is 0.00595. The van der Waals surface area contributed by atoms with Crippen LogP contribution >= 0.6 is 0 Å². The highest BCUT2D eigenvalue weighted by atomic mass is 19.1. The molecule has 3 saturated carbocycles. The van der Waals surface area contributed by atoms with Crippen molar-refractivity contribution in [2.45, 2.75) is 96.4 Å². The number of aliphatic hydroxyl groups is 1. The second-order valence-electron chi connectivity index (χ2n) is 12.1. The van der Waals surface area contributed by atoms with Gasteiger partial charge in [-0.15, -0.1) is 0 Å². The van der Waals surface area contributed by atoms with E-state index >= 15 is 8.78 Å². The summed E-state index contributed by atoms with van der Waals surface area (Å²) < 4.78 is 43.9. The van der Waals surface area contributed by atoms with Gasteiger partial charge in [-0.3, -0.25) is 4.79 Å². The van der Waals surface area contributed by atoms with Gasteiger partial charge in [0, 0.05) is 22.7 Å². The van der Waals surface area contributed by atoms with E-state index in [9.17, 15) is 24.6 Å². The molecule has 7 nitrogen and oxygen atoms in total. The predicted octanol–water partition coefficient (Wildman–Crippen LogP) is 4.72.